The molecule has 4 fully saturated rings. The van der Waals surface area contributed by atoms with Gasteiger partial charge in [-0.25, -0.2) is 4.79 Å². The van der Waals surface area contributed by atoms with Gasteiger partial charge >= 0.3 is 6.03 Å². The molecule has 4 aliphatic rings. The van der Waals surface area contributed by atoms with E-state index in [1.807, 2.05) is 12.1 Å². The molecule has 4 saturated heterocycles. The van der Waals surface area contributed by atoms with E-state index in [9.17, 15) is 14.9 Å². The molecular weight excluding hydrogens is 696 g/mol. The number of rotatable bonds is 7. The molecule has 0 atom stereocenters. The van der Waals surface area contributed by atoms with Crippen molar-refractivity contribution < 1.29 is 9.59 Å². The maximum atomic E-state index is 12.4. The first-order valence-electron chi connectivity index (χ1n) is 19.7. The van der Waals surface area contributed by atoms with Crippen molar-refractivity contribution in [2.24, 2.45) is 5.92 Å². The summed E-state index contributed by atoms with van der Waals surface area (Å²) in [7, 11) is 0. The summed E-state index contributed by atoms with van der Waals surface area (Å²) in [5.74, 6) is 1.09. The Balaban J connectivity index is 0.734. The van der Waals surface area contributed by atoms with E-state index in [-0.39, 0.29) is 11.9 Å². The number of hydrogen-bond acceptors (Lipinski definition) is 6. The molecule has 10 nitrogen and oxygen atoms in total. The SMILES string of the molecule is N#Cc1c[nH]c2c(N3CCC(c4ccc(N5CCC(CN6CCC(n7ccc8cc(N9CCC(=O)NC9=O)ccc87)CC6)CC5)cc4)CC3)ccc(Cl)c12. The molecule has 9 rings (SSSR count). The summed E-state index contributed by atoms with van der Waals surface area (Å²) in [4.78, 5) is 36.6. The van der Waals surface area contributed by atoms with Crippen LogP contribution in [0, 0.1) is 17.2 Å². The molecule has 0 radical (unpaired) electrons. The van der Waals surface area contributed by atoms with Gasteiger partial charge < -0.3 is 24.3 Å². The molecule has 3 aromatic carbocycles. The van der Waals surface area contributed by atoms with Gasteiger partial charge in [-0.3, -0.25) is 15.0 Å². The molecule has 278 valence electrons. The number of nitrogens with zero attached hydrogens (tertiary/aromatic N) is 6. The van der Waals surface area contributed by atoms with Crippen molar-refractivity contribution in [1.29, 1.82) is 5.26 Å². The molecule has 2 aromatic heterocycles. The lowest BCUT2D eigenvalue weighted by Gasteiger charge is -2.39. The number of H-pyrrole nitrogens is 1. The third kappa shape index (κ3) is 6.69. The summed E-state index contributed by atoms with van der Waals surface area (Å²) in [6, 6.07) is 24.2. The van der Waals surface area contributed by atoms with E-state index in [1.54, 1.807) is 11.1 Å². The molecule has 0 unspecified atom stereocenters. The number of hydrogen-bond donors (Lipinski definition) is 2. The number of likely N-dealkylation sites (tertiary alicyclic amines) is 1. The van der Waals surface area contributed by atoms with Gasteiger partial charge in [0.15, 0.2) is 0 Å². The first-order chi connectivity index (χ1) is 26.4. The third-order valence-electron chi connectivity index (χ3n) is 12.6. The number of aromatic amines is 1. The second-order valence-electron chi connectivity index (χ2n) is 15.7. The minimum absolute atomic E-state index is 0.209. The van der Waals surface area contributed by atoms with Crippen LogP contribution in [0.25, 0.3) is 21.8 Å². The van der Waals surface area contributed by atoms with Gasteiger partial charge in [0.2, 0.25) is 5.91 Å². The van der Waals surface area contributed by atoms with Gasteiger partial charge in [0.1, 0.15) is 6.07 Å². The number of halogens is 1. The number of anilines is 3. The van der Waals surface area contributed by atoms with Crippen molar-refractivity contribution in [2.75, 3.05) is 67.1 Å². The molecule has 6 heterocycles. The Morgan fingerprint density at radius 2 is 1.54 bits per heavy atom. The highest BCUT2D eigenvalue weighted by Crippen LogP contribution is 2.38. The normalized spacial score (nSPS) is 19.9. The van der Waals surface area contributed by atoms with Crippen LogP contribution in [0.15, 0.2) is 73.1 Å². The fourth-order valence-electron chi connectivity index (χ4n) is 9.52. The lowest BCUT2D eigenvalue weighted by molar-refractivity contribution is -0.120. The molecule has 54 heavy (non-hydrogen) atoms. The van der Waals surface area contributed by atoms with Crippen molar-refractivity contribution in [1.82, 2.24) is 19.8 Å². The molecule has 4 aliphatic heterocycles. The number of carbonyl (C=O) groups excluding carboxylic acids is 2. The number of benzene rings is 3. The average Bonchev–Trinajstić information content (AvgIpc) is 3.84. The van der Waals surface area contributed by atoms with Crippen LogP contribution in [-0.2, 0) is 4.79 Å². The quantitative estimate of drug-likeness (QED) is 0.175. The Hall–Kier alpha value is -4.98. The molecule has 0 saturated carbocycles. The van der Waals surface area contributed by atoms with E-state index >= 15 is 0 Å². The van der Waals surface area contributed by atoms with E-state index in [4.69, 9.17) is 11.6 Å². The lowest BCUT2D eigenvalue weighted by Crippen LogP contribution is -2.49. The number of nitriles is 1. The second-order valence-corrected chi connectivity index (χ2v) is 16.1. The number of imide groups is 1. The Morgan fingerprint density at radius 1 is 0.796 bits per heavy atom. The molecule has 0 spiro atoms. The third-order valence-corrected chi connectivity index (χ3v) is 12.9. The van der Waals surface area contributed by atoms with Crippen LogP contribution in [0.4, 0.5) is 21.9 Å². The highest BCUT2D eigenvalue weighted by atomic mass is 35.5. The van der Waals surface area contributed by atoms with E-state index in [0.717, 1.165) is 98.5 Å². The fourth-order valence-corrected chi connectivity index (χ4v) is 9.78. The number of amides is 3. The lowest BCUT2D eigenvalue weighted by atomic mass is 9.88. The van der Waals surface area contributed by atoms with Crippen molar-refractivity contribution in [3.8, 4) is 6.07 Å². The molecule has 0 bridgehead atoms. The molecule has 2 N–H and O–H groups in total. The van der Waals surface area contributed by atoms with Crippen molar-refractivity contribution in [3.05, 3.63) is 89.2 Å². The summed E-state index contributed by atoms with van der Waals surface area (Å²) in [5.41, 5.74) is 7.52. The van der Waals surface area contributed by atoms with Crippen LogP contribution in [0.5, 0.6) is 0 Å². The molecular formula is C43H47ClN8O2. The first kappa shape index (κ1) is 34.8. The Morgan fingerprint density at radius 3 is 2.28 bits per heavy atom. The minimum Gasteiger partial charge on any atom is -0.372 e. The number of piperidine rings is 3. The van der Waals surface area contributed by atoms with E-state index in [2.05, 4.69) is 90.4 Å². The molecule has 5 aromatic rings. The van der Waals surface area contributed by atoms with Crippen LogP contribution in [-0.4, -0.2) is 78.7 Å². The number of nitrogens with one attached hydrogen (secondary N) is 2. The maximum absolute atomic E-state index is 12.4. The zero-order valence-electron chi connectivity index (χ0n) is 30.6. The monoisotopic (exact) mass is 742 g/mol. The molecule has 3 amide bonds. The zero-order chi connectivity index (χ0) is 36.8. The van der Waals surface area contributed by atoms with Gasteiger partial charge in [-0.05, 0) is 104 Å². The second kappa shape index (κ2) is 14.7. The van der Waals surface area contributed by atoms with Gasteiger partial charge in [0, 0.05) is 105 Å². The predicted octanol–water partition coefficient (Wildman–Crippen LogP) is 8.03. The van der Waals surface area contributed by atoms with E-state index in [0.29, 0.717) is 35.5 Å². The van der Waals surface area contributed by atoms with E-state index in [1.165, 1.54) is 36.2 Å². The Bertz CT molecular complexity index is 2210. The average molecular weight is 743 g/mol. The highest BCUT2D eigenvalue weighted by molar-refractivity contribution is 6.36. The van der Waals surface area contributed by atoms with Gasteiger partial charge in [-0.15, -0.1) is 0 Å². The molecule has 11 heteroatoms. The summed E-state index contributed by atoms with van der Waals surface area (Å²) in [6.07, 6.45) is 11.3. The number of carbonyl (C=O) groups is 2. The smallest absolute Gasteiger partial charge is 0.328 e. The van der Waals surface area contributed by atoms with Crippen LogP contribution in [0.2, 0.25) is 5.02 Å². The zero-order valence-corrected chi connectivity index (χ0v) is 31.4. The van der Waals surface area contributed by atoms with Crippen LogP contribution in [0.1, 0.15) is 68.0 Å². The van der Waals surface area contributed by atoms with Gasteiger partial charge in [0.25, 0.3) is 0 Å². The fraction of sp³-hybridized carbons (Fsp3) is 0.419. The standard InChI is InChI=1S/C43H47ClN8O2/c44-37-6-8-39(42-41(37)33(26-45)27-46-42)50-21-11-31(12-22-50)30-1-3-34(4-2-30)49-19-9-29(10-20-49)28-48-17-14-35(15-18-48)51-23-13-32-25-36(5-7-38(32)51)52-24-16-40(53)47-43(52)54/h1-8,13,23,25,27,29,31,35,46H,9-12,14-22,24,28H2,(H,47,53,54). The summed E-state index contributed by atoms with van der Waals surface area (Å²) < 4.78 is 2.43. The largest absolute Gasteiger partial charge is 0.372 e. The molecule has 0 aliphatic carbocycles. The highest BCUT2D eigenvalue weighted by Gasteiger charge is 2.28. The van der Waals surface area contributed by atoms with Crippen LogP contribution in [0.3, 0.4) is 0 Å². The number of fused-ring (bicyclic) bond motifs is 2. The first-order valence-corrected chi connectivity index (χ1v) is 20.0. The van der Waals surface area contributed by atoms with Gasteiger partial charge in [-0.2, -0.15) is 5.26 Å². The predicted molar refractivity (Wildman–Crippen MR) is 216 cm³/mol. The van der Waals surface area contributed by atoms with Crippen LogP contribution < -0.4 is 20.0 Å². The van der Waals surface area contributed by atoms with Crippen molar-refractivity contribution in [2.45, 2.75) is 56.9 Å². The summed E-state index contributed by atoms with van der Waals surface area (Å²) in [5, 5.41) is 14.5. The maximum Gasteiger partial charge on any atom is 0.328 e. The van der Waals surface area contributed by atoms with E-state index < -0.39 is 0 Å². The summed E-state index contributed by atoms with van der Waals surface area (Å²) in [6.45, 7) is 8.06. The number of aromatic nitrogens is 2. The Labute approximate surface area is 321 Å². The topological polar surface area (TPSA) is 104 Å². The van der Waals surface area contributed by atoms with Crippen molar-refractivity contribution in [3.63, 3.8) is 0 Å². The van der Waals surface area contributed by atoms with Crippen LogP contribution >= 0.6 is 11.6 Å². The number of urea groups is 1. The summed E-state index contributed by atoms with van der Waals surface area (Å²) >= 11 is 6.46. The van der Waals surface area contributed by atoms with Crippen molar-refractivity contribution >= 4 is 62.4 Å². The Kier molecular flexibility index (Phi) is 9.46. The van der Waals surface area contributed by atoms with Gasteiger partial charge in [-0.1, -0.05) is 23.7 Å². The van der Waals surface area contributed by atoms with Gasteiger partial charge in [0.05, 0.1) is 21.8 Å². The minimum atomic E-state index is -0.339.